The zero-order valence-corrected chi connectivity index (χ0v) is 11.0. The van der Waals surface area contributed by atoms with Gasteiger partial charge >= 0.3 is 12.0 Å². The fourth-order valence-corrected chi connectivity index (χ4v) is 1.28. The van der Waals surface area contributed by atoms with E-state index in [1.165, 1.54) is 18.3 Å². The number of aromatic nitrogens is 1. The van der Waals surface area contributed by atoms with Gasteiger partial charge in [0.1, 0.15) is 5.69 Å². The van der Waals surface area contributed by atoms with E-state index in [4.69, 9.17) is 9.84 Å². The summed E-state index contributed by atoms with van der Waals surface area (Å²) in [4.78, 5) is 25.8. The maximum absolute atomic E-state index is 11.5. The monoisotopic (exact) mass is 279 g/mol. The van der Waals surface area contributed by atoms with E-state index < -0.39 is 12.0 Å². The van der Waals surface area contributed by atoms with E-state index in [9.17, 15) is 9.59 Å². The summed E-state index contributed by atoms with van der Waals surface area (Å²) in [6, 6.07) is 2.38. The van der Waals surface area contributed by atoms with Crippen molar-refractivity contribution in [3.63, 3.8) is 0 Å². The Kier molecular flexibility index (Phi) is 6.77. The fraction of sp³-hybridized carbons (Fsp3) is 0.308. The number of nitrogens with zero attached hydrogens (tertiary/aromatic N) is 1. The number of anilines is 1. The first-order valence-electron chi connectivity index (χ1n) is 6.06. The first-order chi connectivity index (χ1) is 9.63. The molecule has 0 aromatic carbocycles. The van der Waals surface area contributed by atoms with Gasteiger partial charge in [0, 0.05) is 6.54 Å². The molecule has 3 N–H and O–H groups in total. The van der Waals surface area contributed by atoms with Crippen LogP contribution in [0.1, 0.15) is 16.9 Å². The molecule has 0 spiro atoms. The van der Waals surface area contributed by atoms with E-state index in [0.29, 0.717) is 25.4 Å². The van der Waals surface area contributed by atoms with Gasteiger partial charge in [0.15, 0.2) is 0 Å². The largest absolute Gasteiger partial charge is 0.477 e. The summed E-state index contributed by atoms with van der Waals surface area (Å²) in [7, 11) is 0. The molecule has 20 heavy (non-hydrogen) atoms. The predicted molar refractivity (Wildman–Crippen MR) is 73.9 cm³/mol. The lowest BCUT2D eigenvalue weighted by Crippen LogP contribution is -2.31. The summed E-state index contributed by atoms with van der Waals surface area (Å²) in [6.07, 6.45) is 3.81. The van der Waals surface area contributed by atoms with Crippen molar-refractivity contribution in [3.8, 4) is 0 Å². The van der Waals surface area contributed by atoms with Crippen molar-refractivity contribution in [3.05, 3.63) is 36.7 Å². The number of hydrogen-bond acceptors (Lipinski definition) is 4. The third-order valence-corrected chi connectivity index (χ3v) is 2.24. The number of carboxylic acid groups (broad SMARTS) is 1. The quantitative estimate of drug-likeness (QED) is 0.494. The number of carbonyl (C=O) groups is 2. The van der Waals surface area contributed by atoms with E-state index in [-0.39, 0.29) is 5.69 Å². The Morgan fingerprint density at radius 1 is 1.40 bits per heavy atom. The van der Waals surface area contributed by atoms with Crippen molar-refractivity contribution >= 4 is 17.7 Å². The Labute approximate surface area is 116 Å². The molecule has 0 saturated carbocycles. The Balaban J connectivity index is 2.24. The molecular formula is C13H17N3O4. The van der Waals surface area contributed by atoms with Crippen molar-refractivity contribution in [2.45, 2.75) is 6.42 Å². The number of pyridine rings is 1. The van der Waals surface area contributed by atoms with Crippen LogP contribution >= 0.6 is 0 Å². The summed E-state index contributed by atoms with van der Waals surface area (Å²) >= 11 is 0. The number of amides is 2. The lowest BCUT2D eigenvalue weighted by atomic mass is 10.3. The van der Waals surface area contributed by atoms with Crippen molar-refractivity contribution in [1.29, 1.82) is 0 Å². The molecule has 7 heteroatoms. The number of nitrogens with one attached hydrogen (secondary N) is 2. The minimum absolute atomic E-state index is 0.0772. The van der Waals surface area contributed by atoms with Gasteiger partial charge in [-0.05, 0) is 18.6 Å². The van der Waals surface area contributed by atoms with Gasteiger partial charge in [-0.25, -0.2) is 14.6 Å². The van der Waals surface area contributed by atoms with E-state index in [1.807, 2.05) is 0 Å². The Morgan fingerprint density at radius 3 is 2.80 bits per heavy atom. The van der Waals surface area contributed by atoms with Gasteiger partial charge in [0.05, 0.1) is 25.1 Å². The van der Waals surface area contributed by atoms with Crippen LogP contribution < -0.4 is 10.6 Å². The zero-order chi connectivity index (χ0) is 14.8. The molecule has 0 aliphatic carbocycles. The highest BCUT2D eigenvalue weighted by Crippen LogP contribution is 2.05. The van der Waals surface area contributed by atoms with Crippen LogP contribution in [-0.2, 0) is 4.74 Å². The molecule has 0 fully saturated rings. The number of hydrogen-bond donors (Lipinski definition) is 3. The normalized spacial score (nSPS) is 9.80. The number of aromatic carboxylic acids is 1. The van der Waals surface area contributed by atoms with Crippen molar-refractivity contribution in [2.75, 3.05) is 25.1 Å². The maximum atomic E-state index is 11.5. The second-order valence-corrected chi connectivity index (χ2v) is 3.81. The summed E-state index contributed by atoms with van der Waals surface area (Å²) in [5.41, 5.74) is 0.339. The standard InChI is InChI=1S/C13H17N3O4/c1-2-3-7-20-8-6-14-13(19)16-10-4-5-11(12(17)18)15-9-10/h2,4-5,9H,1,3,6-8H2,(H,17,18)(H2,14,16,19). The van der Waals surface area contributed by atoms with Gasteiger partial charge in [0.2, 0.25) is 0 Å². The average molecular weight is 279 g/mol. The highest BCUT2D eigenvalue weighted by molar-refractivity contribution is 5.90. The lowest BCUT2D eigenvalue weighted by Gasteiger charge is -2.07. The molecule has 108 valence electrons. The van der Waals surface area contributed by atoms with Gasteiger partial charge in [-0.15, -0.1) is 6.58 Å². The Bertz CT molecular complexity index is 459. The van der Waals surface area contributed by atoms with Crippen LogP contribution in [0.4, 0.5) is 10.5 Å². The van der Waals surface area contributed by atoms with Gasteiger partial charge in [-0.1, -0.05) is 6.08 Å². The number of carboxylic acids is 1. The molecule has 0 radical (unpaired) electrons. The van der Waals surface area contributed by atoms with Crippen molar-refractivity contribution in [1.82, 2.24) is 10.3 Å². The van der Waals surface area contributed by atoms with Crippen molar-refractivity contribution in [2.24, 2.45) is 0 Å². The van der Waals surface area contributed by atoms with Crippen LogP contribution in [0.2, 0.25) is 0 Å². The molecular weight excluding hydrogens is 262 g/mol. The SMILES string of the molecule is C=CCCOCCNC(=O)Nc1ccc(C(=O)O)nc1. The maximum Gasteiger partial charge on any atom is 0.354 e. The Hall–Kier alpha value is -2.41. The van der Waals surface area contributed by atoms with E-state index in [1.54, 1.807) is 6.08 Å². The van der Waals surface area contributed by atoms with Gasteiger partial charge in [-0.3, -0.25) is 0 Å². The molecule has 1 heterocycles. The fourth-order valence-electron chi connectivity index (χ4n) is 1.28. The molecule has 0 bridgehead atoms. The first kappa shape index (κ1) is 15.6. The smallest absolute Gasteiger partial charge is 0.354 e. The topological polar surface area (TPSA) is 101 Å². The minimum atomic E-state index is -1.11. The van der Waals surface area contributed by atoms with Crippen molar-refractivity contribution < 1.29 is 19.4 Å². The minimum Gasteiger partial charge on any atom is -0.477 e. The first-order valence-corrected chi connectivity index (χ1v) is 6.06. The molecule has 2 amide bonds. The molecule has 0 saturated heterocycles. The molecule has 7 nitrogen and oxygen atoms in total. The second-order valence-electron chi connectivity index (χ2n) is 3.81. The van der Waals surface area contributed by atoms with Gasteiger partial charge in [0.25, 0.3) is 0 Å². The molecule has 0 unspecified atom stereocenters. The third-order valence-electron chi connectivity index (χ3n) is 2.24. The van der Waals surface area contributed by atoms with Crippen LogP contribution in [0.15, 0.2) is 31.0 Å². The number of urea groups is 1. The highest BCUT2D eigenvalue weighted by Gasteiger charge is 2.05. The number of carbonyl (C=O) groups excluding carboxylic acids is 1. The molecule has 0 aliphatic heterocycles. The number of ether oxygens (including phenoxy) is 1. The third kappa shape index (κ3) is 5.96. The van der Waals surface area contributed by atoms with Crippen LogP contribution in [-0.4, -0.2) is 41.8 Å². The molecule has 1 aromatic rings. The van der Waals surface area contributed by atoms with E-state index >= 15 is 0 Å². The molecule has 1 aromatic heterocycles. The molecule has 1 rings (SSSR count). The van der Waals surface area contributed by atoms with Crippen LogP contribution in [0.3, 0.4) is 0 Å². The summed E-state index contributed by atoms with van der Waals surface area (Å²) < 4.78 is 5.23. The highest BCUT2D eigenvalue weighted by atomic mass is 16.5. The van der Waals surface area contributed by atoms with Crippen LogP contribution in [0, 0.1) is 0 Å². The molecule has 0 aliphatic rings. The van der Waals surface area contributed by atoms with Gasteiger partial charge in [-0.2, -0.15) is 0 Å². The summed E-state index contributed by atoms with van der Waals surface area (Å²) in [5, 5.41) is 13.8. The van der Waals surface area contributed by atoms with Gasteiger partial charge < -0.3 is 20.5 Å². The number of rotatable bonds is 8. The van der Waals surface area contributed by atoms with E-state index in [0.717, 1.165) is 6.42 Å². The lowest BCUT2D eigenvalue weighted by molar-refractivity contribution is 0.0690. The summed E-state index contributed by atoms with van der Waals surface area (Å²) in [6.45, 7) is 4.94. The Morgan fingerprint density at radius 2 is 2.20 bits per heavy atom. The second kappa shape index (κ2) is 8.65. The van der Waals surface area contributed by atoms with E-state index in [2.05, 4.69) is 22.2 Å². The van der Waals surface area contributed by atoms with Crippen LogP contribution in [0.5, 0.6) is 0 Å². The molecule has 0 atom stereocenters. The predicted octanol–water partition coefficient (Wildman–Crippen LogP) is 1.49. The van der Waals surface area contributed by atoms with Crippen LogP contribution in [0.25, 0.3) is 0 Å². The zero-order valence-electron chi connectivity index (χ0n) is 11.0. The average Bonchev–Trinajstić information content (AvgIpc) is 2.43. The summed E-state index contributed by atoms with van der Waals surface area (Å²) in [5.74, 6) is -1.11.